The number of rotatable bonds is 0. The summed E-state index contributed by atoms with van der Waals surface area (Å²) in [5, 5.41) is 28.9. The highest BCUT2D eigenvalue weighted by Crippen LogP contribution is 2.53. The van der Waals surface area contributed by atoms with E-state index < -0.39 is 5.54 Å². The van der Waals surface area contributed by atoms with Crippen LogP contribution >= 0.6 is 0 Å². The topological polar surface area (TPSA) is 67.5 Å². The summed E-state index contributed by atoms with van der Waals surface area (Å²) >= 11 is 0. The Labute approximate surface area is 93.6 Å². The number of nitrogens with zero attached hydrogens (tertiary/aromatic N) is 1. The molecule has 0 atom stereocenters. The third-order valence-corrected chi connectivity index (χ3v) is 3.92. The second-order valence-electron chi connectivity index (χ2n) is 4.70. The molecule has 0 radical (unpaired) electrons. The molecular weight excluding hydrogens is 204 g/mol. The van der Waals surface area contributed by atoms with E-state index in [-0.39, 0.29) is 11.6 Å². The fraction of sp³-hybridized carbons (Fsp3) is 0.417. The molecule has 84 valence electrons. The Hall–Kier alpha value is -1.55. The average molecular weight is 218 g/mol. The van der Waals surface area contributed by atoms with Gasteiger partial charge in [-0.05, 0) is 37.3 Å². The highest BCUT2D eigenvalue weighted by Gasteiger charge is 2.52. The van der Waals surface area contributed by atoms with Gasteiger partial charge in [-0.1, -0.05) is 12.1 Å². The van der Waals surface area contributed by atoms with Gasteiger partial charge in [0.2, 0.25) is 0 Å². The van der Waals surface area contributed by atoms with Crippen LogP contribution in [0.2, 0.25) is 0 Å². The van der Waals surface area contributed by atoms with Crippen molar-refractivity contribution in [1.29, 1.82) is 5.41 Å². The van der Waals surface area contributed by atoms with Gasteiger partial charge in [0.1, 0.15) is 5.75 Å². The summed E-state index contributed by atoms with van der Waals surface area (Å²) in [5.41, 5.74) is 1.71. The van der Waals surface area contributed by atoms with Gasteiger partial charge in [-0.3, -0.25) is 10.6 Å². The molecule has 0 unspecified atom stereocenters. The summed E-state index contributed by atoms with van der Waals surface area (Å²) in [4.78, 5) is 0. The van der Waals surface area contributed by atoms with Crippen LogP contribution in [0.3, 0.4) is 0 Å². The van der Waals surface area contributed by atoms with Gasteiger partial charge in [-0.15, -0.1) is 0 Å². The first kappa shape index (κ1) is 9.66. The van der Waals surface area contributed by atoms with Crippen molar-refractivity contribution in [3.8, 4) is 5.75 Å². The first-order valence-electron chi connectivity index (χ1n) is 5.49. The maximum Gasteiger partial charge on any atom is 0.157 e. The minimum Gasteiger partial charge on any atom is -0.507 e. The summed E-state index contributed by atoms with van der Waals surface area (Å²) < 4.78 is 0. The average Bonchev–Trinajstić information content (AvgIpc) is 2.43. The molecule has 0 amide bonds. The molecule has 1 heterocycles. The van der Waals surface area contributed by atoms with Crippen molar-refractivity contribution in [1.82, 2.24) is 5.06 Å². The van der Waals surface area contributed by atoms with Gasteiger partial charge in [-0.25, -0.2) is 5.06 Å². The second-order valence-corrected chi connectivity index (χ2v) is 4.70. The quantitative estimate of drug-likeness (QED) is 0.624. The van der Waals surface area contributed by atoms with Gasteiger partial charge in [-0.2, -0.15) is 0 Å². The molecule has 4 nitrogen and oxygen atoms in total. The van der Waals surface area contributed by atoms with E-state index in [0.717, 1.165) is 35.5 Å². The van der Waals surface area contributed by atoms with E-state index in [1.807, 2.05) is 12.1 Å². The van der Waals surface area contributed by atoms with E-state index in [9.17, 15) is 10.3 Å². The van der Waals surface area contributed by atoms with Gasteiger partial charge in [0.25, 0.3) is 0 Å². The molecule has 0 aromatic heterocycles. The van der Waals surface area contributed by atoms with Gasteiger partial charge < -0.3 is 5.11 Å². The number of phenols is 1. The van der Waals surface area contributed by atoms with E-state index in [2.05, 4.69) is 0 Å². The molecule has 1 aliphatic carbocycles. The summed E-state index contributed by atoms with van der Waals surface area (Å²) in [7, 11) is 0. The molecule has 1 aromatic rings. The van der Waals surface area contributed by atoms with Crippen LogP contribution < -0.4 is 0 Å². The summed E-state index contributed by atoms with van der Waals surface area (Å²) in [6.45, 7) is 1.80. The highest BCUT2D eigenvalue weighted by atomic mass is 16.5. The van der Waals surface area contributed by atoms with Gasteiger partial charge >= 0.3 is 0 Å². The SMILES string of the molecule is Cc1ccc2c(c1O)C(=N)N(O)C21CCC1. The Kier molecular flexibility index (Phi) is 1.67. The van der Waals surface area contributed by atoms with Crippen LogP contribution in [0.15, 0.2) is 12.1 Å². The molecule has 1 saturated carbocycles. The summed E-state index contributed by atoms with van der Waals surface area (Å²) in [6, 6.07) is 3.77. The Bertz CT molecular complexity index is 492. The number of phenolic OH excluding ortho intramolecular Hbond substituents is 1. The fourth-order valence-electron chi connectivity index (χ4n) is 2.75. The van der Waals surface area contributed by atoms with Crippen LogP contribution in [0.5, 0.6) is 5.75 Å². The van der Waals surface area contributed by atoms with Crippen LogP contribution in [0.25, 0.3) is 0 Å². The van der Waals surface area contributed by atoms with Gasteiger partial charge in [0, 0.05) is 0 Å². The summed E-state index contributed by atoms with van der Waals surface area (Å²) in [5.74, 6) is 0.154. The maximum absolute atomic E-state index is 10.0. The maximum atomic E-state index is 10.0. The number of aryl methyl sites for hydroxylation is 1. The number of nitrogens with one attached hydrogen (secondary N) is 1. The number of hydrogen-bond acceptors (Lipinski definition) is 3. The van der Waals surface area contributed by atoms with Crippen LogP contribution in [-0.4, -0.2) is 21.2 Å². The molecule has 1 aromatic carbocycles. The van der Waals surface area contributed by atoms with E-state index >= 15 is 0 Å². The molecule has 0 bridgehead atoms. The largest absolute Gasteiger partial charge is 0.507 e. The number of hydrogen-bond donors (Lipinski definition) is 3. The number of aromatic hydroxyl groups is 1. The third kappa shape index (κ3) is 0.865. The minimum absolute atomic E-state index is 0.0240. The number of benzene rings is 1. The molecule has 16 heavy (non-hydrogen) atoms. The molecule has 0 saturated heterocycles. The van der Waals surface area contributed by atoms with Crippen molar-refractivity contribution in [2.45, 2.75) is 31.7 Å². The van der Waals surface area contributed by atoms with Crippen molar-refractivity contribution in [3.05, 3.63) is 28.8 Å². The van der Waals surface area contributed by atoms with Crippen LogP contribution in [0.1, 0.15) is 36.0 Å². The lowest BCUT2D eigenvalue weighted by Gasteiger charge is -2.43. The molecule has 3 N–H and O–H groups in total. The Balaban J connectivity index is 2.28. The van der Waals surface area contributed by atoms with E-state index in [1.165, 1.54) is 0 Å². The minimum atomic E-state index is -0.433. The number of amidine groups is 1. The van der Waals surface area contributed by atoms with Crippen molar-refractivity contribution in [2.24, 2.45) is 0 Å². The zero-order chi connectivity index (χ0) is 11.5. The lowest BCUT2D eigenvalue weighted by Crippen LogP contribution is -2.46. The third-order valence-electron chi connectivity index (χ3n) is 3.92. The lowest BCUT2D eigenvalue weighted by atomic mass is 9.72. The van der Waals surface area contributed by atoms with Crippen molar-refractivity contribution in [2.75, 3.05) is 0 Å². The predicted molar refractivity (Wildman–Crippen MR) is 58.8 cm³/mol. The van der Waals surface area contributed by atoms with Gasteiger partial charge in [0.05, 0.1) is 11.1 Å². The monoisotopic (exact) mass is 218 g/mol. The molecule has 3 rings (SSSR count). The van der Waals surface area contributed by atoms with Crippen LogP contribution in [0.4, 0.5) is 0 Å². The van der Waals surface area contributed by atoms with E-state index in [4.69, 9.17) is 5.41 Å². The molecule has 1 spiro atoms. The first-order valence-corrected chi connectivity index (χ1v) is 5.49. The van der Waals surface area contributed by atoms with Crippen LogP contribution in [-0.2, 0) is 5.54 Å². The predicted octanol–water partition coefficient (Wildman–Crippen LogP) is 2.11. The molecule has 4 heteroatoms. The molecular formula is C12H14N2O2. The van der Waals surface area contributed by atoms with Crippen LogP contribution in [0, 0.1) is 12.3 Å². The Morgan fingerprint density at radius 3 is 2.62 bits per heavy atom. The molecule has 1 aliphatic heterocycles. The van der Waals surface area contributed by atoms with Crippen molar-refractivity contribution in [3.63, 3.8) is 0 Å². The smallest absolute Gasteiger partial charge is 0.157 e. The fourth-order valence-corrected chi connectivity index (χ4v) is 2.75. The Morgan fingerprint density at radius 1 is 1.38 bits per heavy atom. The number of fused-ring (bicyclic) bond motifs is 2. The van der Waals surface area contributed by atoms with Crippen molar-refractivity contribution < 1.29 is 10.3 Å². The molecule has 1 fully saturated rings. The van der Waals surface area contributed by atoms with Gasteiger partial charge in [0.15, 0.2) is 5.84 Å². The summed E-state index contributed by atoms with van der Waals surface area (Å²) in [6.07, 6.45) is 2.75. The van der Waals surface area contributed by atoms with Crippen molar-refractivity contribution >= 4 is 5.84 Å². The lowest BCUT2D eigenvalue weighted by molar-refractivity contribution is -0.138. The number of hydroxylamine groups is 2. The highest BCUT2D eigenvalue weighted by molar-refractivity contribution is 6.04. The zero-order valence-corrected chi connectivity index (χ0v) is 9.12. The Morgan fingerprint density at radius 2 is 2.06 bits per heavy atom. The van der Waals surface area contributed by atoms with E-state index in [1.54, 1.807) is 6.92 Å². The zero-order valence-electron chi connectivity index (χ0n) is 9.12. The molecule has 2 aliphatic rings. The first-order chi connectivity index (χ1) is 7.58. The second kappa shape index (κ2) is 2.77. The van der Waals surface area contributed by atoms with E-state index in [0.29, 0.717) is 5.56 Å². The standard InChI is InChI=1S/C12H14N2O2/c1-7-3-4-8-9(10(7)15)11(13)14(16)12(8)5-2-6-12/h3-4,13,15-16H,2,5-6H2,1H3. The normalized spacial score (nSPS) is 21.1.